The molecule has 0 N–H and O–H groups in total. The Morgan fingerprint density at radius 2 is 0.878 bits per heavy atom. The van der Waals surface area contributed by atoms with E-state index < -0.39 is 0 Å². The molecule has 1 aromatic carbocycles. The predicted molar refractivity (Wildman–Crippen MR) is 180 cm³/mol. The number of pyridine rings is 2. The third-order valence-electron chi connectivity index (χ3n) is 8.33. The molecule has 230 valence electrons. The van der Waals surface area contributed by atoms with Crippen molar-refractivity contribution in [2.24, 2.45) is 0 Å². The number of aromatic nitrogens is 2. The van der Waals surface area contributed by atoms with E-state index in [0.717, 1.165) is 21.8 Å². The number of halogens is 1. The van der Waals surface area contributed by atoms with E-state index in [0.29, 0.717) is 0 Å². The molecule has 41 heavy (non-hydrogen) atoms. The molecule has 0 unspecified atom stereocenters. The zero-order chi connectivity index (χ0) is 29.0. The van der Waals surface area contributed by atoms with Crippen molar-refractivity contribution in [3.8, 4) is 0 Å². The van der Waals surface area contributed by atoms with Crippen molar-refractivity contribution in [2.45, 2.75) is 0 Å². The number of rotatable bonds is 6. The van der Waals surface area contributed by atoms with E-state index >= 15 is 0 Å². The maximum absolute atomic E-state index is 4.35. The van der Waals surface area contributed by atoms with E-state index in [1.807, 2.05) is 12.1 Å². The molecule has 11 heteroatoms. The average Bonchev–Trinajstić information content (AvgIpc) is 3.02. The van der Waals surface area contributed by atoms with Crippen molar-refractivity contribution >= 4 is 50.1 Å². The van der Waals surface area contributed by atoms with Gasteiger partial charge in [0.15, 0.2) is 0 Å². The molecule has 8 nitrogen and oxygen atoms in total. The Hall–Kier alpha value is -0.521. The fourth-order valence-corrected chi connectivity index (χ4v) is 8.44. The van der Waals surface area contributed by atoms with Crippen LogP contribution in [0.15, 0.2) is 48.8 Å². The Balaban J connectivity index is 0.000000203. The van der Waals surface area contributed by atoms with E-state index in [9.17, 15) is 0 Å². The van der Waals surface area contributed by atoms with Gasteiger partial charge in [0.05, 0.1) is 11.0 Å². The molecule has 0 radical (unpaired) electrons. The first-order valence-electron chi connectivity index (χ1n) is 14.7. The smallest absolute Gasteiger partial charge is 0.0964 e. The van der Waals surface area contributed by atoms with Crippen molar-refractivity contribution in [3.63, 3.8) is 0 Å². The third-order valence-corrected chi connectivity index (χ3v) is 10.7. The van der Waals surface area contributed by atoms with Crippen LogP contribution in [-0.2, 0) is 12.8 Å². The van der Waals surface area contributed by atoms with E-state index in [4.69, 9.17) is 0 Å². The first-order valence-corrected chi connectivity index (χ1v) is 19.6. The minimum absolute atomic E-state index is 0.0502. The van der Waals surface area contributed by atoms with Gasteiger partial charge in [0, 0.05) is 121 Å². The Morgan fingerprint density at radius 1 is 0.561 bits per heavy atom. The van der Waals surface area contributed by atoms with Crippen molar-refractivity contribution < 1.29 is 12.8 Å². The van der Waals surface area contributed by atoms with Crippen LogP contribution in [0.2, 0.25) is 0 Å². The number of likely N-dealkylation sites (N-methyl/N-ethyl adjacent to an activating group) is 3. The molecule has 3 aromatic rings. The van der Waals surface area contributed by atoms with E-state index in [1.165, 1.54) is 97.4 Å². The number of fused-ring (bicyclic) bond motifs is 3. The molecule has 2 aromatic heterocycles. The van der Waals surface area contributed by atoms with Crippen LogP contribution in [-0.4, -0.2) is 158 Å². The minimum atomic E-state index is 0.0502. The molecule has 6 rings (SSSR count). The summed E-state index contributed by atoms with van der Waals surface area (Å²) >= 11 is 5.87. The van der Waals surface area contributed by atoms with Gasteiger partial charge in [0.25, 0.3) is 0 Å². The molecular formula is C30H47CuIN8P. The molecule has 0 bridgehead atoms. The summed E-state index contributed by atoms with van der Waals surface area (Å²) in [5.74, 6) is 0. The summed E-state index contributed by atoms with van der Waals surface area (Å²) in [5.41, 5.74) is 1.95. The average molecular weight is 741 g/mol. The molecule has 3 aliphatic rings. The van der Waals surface area contributed by atoms with Gasteiger partial charge in [-0.05, 0) is 33.3 Å². The summed E-state index contributed by atoms with van der Waals surface area (Å²) in [6.07, 6.45) is 7.65. The fourth-order valence-electron chi connectivity index (χ4n) is 5.63. The van der Waals surface area contributed by atoms with E-state index in [-0.39, 0.29) is 7.92 Å². The molecule has 0 atom stereocenters. The van der Waals surface area contributed by atoms with Gasteiger partial charge < -0.3 is 14.7 Å². The van der Waals surface area contributed by atoms with Crippen molar-refractivity contribution in [1.82, 2.24) is 39.4 Å². The summed E-state index contributed by atoms with van der Waals surface area (Å²) in [6, 6.07) is 12.1. The van der Waals surface area contributed by atoms with Crippen molar-refractivity contribution in [1.29, 1.82) is 0 Å². The quantitative estimate of drug-likeness (QED) is 0.164. The van der Waals surface area contributed by atoms with Crippen molar-refractivity contribution in [2.75, 3.05) is 119 Å². The summed E-state index contributed by atoms with van der Waals surface area (Å²) in [5, 5.41) is 2.28. The van der Waals surface area contributed by atoms with Crippen LogP contribution in [0, 0.1) is 0 Å². The largest absolute Gasteiger partial charge is 0.254 e. The van der Waals surface area contributed by atoms with Crippen LogP contribution in [0.5, 0.6) is 0 Å². The zero-order valence-electron chi connectivity index (χ0n) is 24.9. The number of benzene rings is 1. The summed E-state index contributed by atoms with van der Waals surface area (Å²) in [4.78, 5) is 24.4. The molecule has 0 amide bonds. The Bertz CT molecular complexity index is 1060. The molecular weight excluding hydrogens is 694 g/mol. The van der Waals surface area contributed by atoms with Crippen LogP contribution in [0.4, 0.5) is 0 Å². The van der Waals surface area contributed by atoms with Gasteiger partial charge in [-0.15, -0.1) is 0 Å². The van der Waals surface area contributed by atoms with Gasteiger partial charge in [-0.1, -0.05) is 32.2 Å². The van der Waals surface area contributed by atoms with Crippen LogP contribution in [0.25, 0.3) is 21.8 Å². The summed E-state index contributed by atoms with van der Waals surface area (Å²) < 4.78 is 0. The molecule has 3 saturated heterocycles. The van der Waals surface area contributed by atoms with Gasteiger partial charge in [0.1, 0.15) is 0 Å². The predicted octanol–water partition coefficient (Wildman–Crippen LogP) is 3.75. The maximum atomic E-state index is 4.35. The van der Waals surface area contributed by atoms with Gasteiger partial charge in [0.2, 0.25) is 0 Å². The summed E-state index contributed by atoms with van der Waals surface area (Å²) in [7, 11) is 6.83. The minimum Gasteiger partial charge on any atom is -0.254 e. The topological polar surface area (TPSA) is 45.2 Å². The number of hydrogen-bond acceptors (Lipinski definition) is 8. The second-order valence-corrected chi connectivity index (χ2v) is 13.8. The van der Waals surface area contributed by atoms with Crippen LogP contribution in [0.1, 0.15) is 0 Å². The zero-order valence-corrected chi connectivity index (χ0v) is 28.9. The third kappa shape index (κ3) is 10.6. The van der Waals surface area contributed by atoms with Crippen LogP contribution < -0.4 is 0 Å². The Kier molecular flexibility index (Phi) is 14.4. The maximum Gasteiger partial charge on any atom is 0.0964 e. The van der Waals surface area contributed by atoms with E-state index in [2.05, 4.69) is 97.5 Å². The number of nitrogens with zero attached hydrogens (tertiary/aromatic N) is 8. The Labute approximate surface area is 268 Å². The van der Waals surface area contributed by atoms with Gasteiger partial charge in [-0.3, -0.25) is 24.7 Å². The first kappa shape index (κ1) is 33.4. The van der Waals surface area contributed by atoms with Crippen molar-refractivity contribution in [3.05, 3.63) is 48.8 Å². The number of piperazine rings is 3. The second kappa shape index (κ2) is 17.7. The molecule has 3 aliphatic heterocycles. The fraction of sp³-hybridized carbons (Fsp3) is 0.600. The monoisotopic (exact) mass is 740 g/mol. The summed E-state index contributed by atoms with van der Waals surface area (Å²) in [6.45, 7) is 15.0. The second-order valence-electron chi connectivity index (χ2n) is 11.6. The van der Waals surface area contributed by atoms with Gasteiger partial charge in [-0.2, -0.15) is 0 Å². The van der Waals surface area contributed by atoms with Crippen LogP contribution >= 0.6 is 28.3 Å². The SMILES string of the molecule is CN1CCN(CP(CN2CCN(C)CC2)CN2CCN(C)CC2)CC1.[Cu][I].c1cnc2c(c1)ccc1cccnc12. The molecule has 0 spiro atoms. The van der Waals surface area contributed by atoms with Gasteiger partial charge >= 0.3 is 33.1 Å². The number of hydrogen-bond donors (Lipinski definition) is 0. The first-order chi connectivity index (χ1) is 20.0. The molecule has 5 heterocycles. The molecule has 0 saturated carbocycles. The molecule has 0 aliphatic carbocycles. The van der Waals surface area contributed by atoms with Gasteiger partial charge in [-0.25, -0.2) is 0 Å². The normalized spacial score (nSPS) is 20.6. The Morgan fingerprint density at radius 3 is 1.20 bits per heavy atom. The van der Waals surface area contributed by atoms with Crippen LogP contribution in [0.3, 0.4) is 0 Å². The van der Waals surface area contributed by atoms with E-state index in [1.54, 1.807) is 32.7 Å². The standard InChI is InChI=1S/C18H39N6P.C12H8N2.Cu.HI/c1-19-4-10-22(11-5-19)16-25(17-23-12-6-20(2)7-13-23)18-24-14-8-21(3)9-15-24;1-3-9-5-6-10-4-2-8-14-12(10)11(9)13-7-1;;/h4-18H2,1-3H3;1-8H;;1H/q;;+1;/p-1. The molecule has 3 fully saturated rings.